The molecule has 1 aliphatic heterocycles. The fourth-order valence-corrected chi connectivity index (χ4v) is 3.88. The number of nitrogens with zero attached hydrogens (tertiary/aromatic N) is 1. The first-order chi connectivity index (χ1) is 9.70. The smallest absolute Gasteiger partial charge is 0.148 e. The lowest BCUT2D eigenvalue weighted by atomic mass is 9.78. The molecule has 2 atom stereocenters. The third-order valence-corrected chi connectivity index (χ3v) is 4.85. The summed E-state index contributed by atoms with van der Waals surface area (Å²) in [5.41, 5.74) is 6.81. The number of methoxy groups -OCH3 is 1. The fraction of sp³-hybridized carbons (Fsp3) is 0.625. The second kappa shape index (κ2) is 5.51. The zero-order valence-corrected chi connectivity index (χ0v) is 12.1. The predicted octanol–water partition coefficient (Wildman–Crippen LogP) is 3.58. The maximum atomic E-state index is 14.3. The van der Waals surface area contributed by atoms with E-state index in [0.717, 1.165) is 18.9 Å². The number of piperidine rings is 1. The third-order valence-electron chi connectivity index (χ3n) is 4.85. The molecule has 0 aromatic heterocycles. The van der Waals surface area contributed by atoms with Gasteiger partial charge in [0, 0.05) is 24.7 Å². The molecule has 3 nitrogen and oxygen atoms in total. The molecule has 1 aromatic rings. The number of hydrogen-bond donors (Lipinski definition) is 1. The van der Waals surface area contributed by atoms with Gasteiger partial charge in [0.2, 0.25) is 0 Å². The number of anilines is 2. The largest absolute Gasteiger partial charge is 0.495 e. The molecule has 2 unspecified atom stereocenters. The van der Waals surface area contributed by atoms with Gasteiger partial charge < -0.3 is 15.4 Å². The number of fused-ring (bicyclic) bond motifs is 1. The van der Waals surface area contributed by atoms with Crippen molar-refractivity contribution in [2.45, 2.75) is 44.6 Å². The van der Waals surface area contributed by atoms with Gasteiger partial charge in [0.25, 0.3) is 0 Å². The first-order valence-electron chi connectivity index (χ1n) is 7.60. The van der Waals surface area contributed by atoms with Crippen molar-refractivity contribution < 1.29 is 9.13 Å². The van der Waals surface area contributed by atoms with Crippen molar-refractivity contribution in [1.29, 1.82) is 0 Å². The highest BCUT2D eigenvalue weighted by atomic mass is 19.1. The summed E-state index contributed by atoms with van der Waals surface area (Å²) < 4.78 is 19.6. The van der Waals surface area contributed by atoms with Crippen LogP contribution in [0.5, 0.6) is 5.75 Å². The molecule has 3 rings (SSSR count). The normalized spacial score (nSPS) is 26.2. The Labute approximate surface area is 119 Å². The van der Waals surface area contributed by atoms with Gasteiger partial charge in [0.15, 0.2) is 0 Å². The van der Waals surface area contributed by atoms with Crippen LogP contribution in [0.4, 0.5) is 15.8 Å². The maximum Gasteiger partial charge on any atom is 0.148 e. The molecule has 110 valence electrons. The van der Waals surface area contributed by atoms with Gasteiger partial charge in [-0.05, 0) is 31.6 Å². The van der Waals surface area contributed by atoms with Crippen molar-refractivity contribution in [3.05, 3.63) is 17.9 Å². The van der Waals surface area contributed by atoms with Gasteiger partial charge in [-0.15, -0.1) is 0 Å². The standard InChI is InChI=1S/C16H23FN2O/c1-20-16-10-15(12(17)9-13(16)18)19-8-4-6-11-5-2-3-7-14(11)19/h9-11,14H,2-8,18H2,1H3. The molecule has 0 radical (unpaired) electrons. The van der Waals surface area contributed by atoms with Gasteiger partial charge in [-0.3, -0.25) is 0 Å². The Hall–Kier alpha value is -1.45. The van der Waals surface area contributed by atoms with E-state index in [1.54, 1.807) is 13.2 Å². The van der Waals surface area contributed by atoms with Gasteiger partial charge in [0.1, 0.15) is 11.6 Å². The summed E-state index contributed by atoms with van der Waals surface area (Å²) in [7, 11) is 1.58. The molecular formula is C16H23FN2O. The predicted molar refractivity (Wildman–Crippen MR) is 79.7 cm³/mol. The lowest BCUT2D eigenvalue weighted by molar-refractivity contribution is 0.242. The van der Waals surface area contributed by atoms with Crippen LogP contribution in [0.2, 0.25) is 0 Å². The molecule has 20 heavy (non-hydrogen) atoms. The quantitative estimate of drug-likeness (QED) is 0.840. The summed E-state index contributed by atoms with van der Waals surface area (Å²) in [6.07, 6.45) is 7.47. The molecule has 4 heteroatoms. The topological polar surface area (TPSA) is 38.5 Å². The summed E-state index contributed by atoms with van der Waals surface area (Å²) in [5.74, 6) is 1.06. The lowest BCUT2D eigenvalue weighted by Crippen LogP contribution is -2.47. The monoisotopic (exact) mass is 278 g/mol. The van der Waals surface area contributed by atoms with Crippen LogP contribution in [-0.4, -0.2) is 19.7 Å². The molecule has 1 aliphatic carbocycles. The van der Waals surface area contributed by atoms with E-state index >= 15 is 0 Å². The zero-order chi connectivity index (χ0) is 14.1. The van der Waals surface area contributed by atoms with E-state index in [-0.39, 0.29) is 5.82 Å². The van der Waals surface area contributed by atoms with Crippen LogP contribution < -0.4 is 15.4 Å². The minimum absolute atomic E-state index is 0.227. The first kappa shape index (κ1) is 13.5. The SMILES string of the molecule is COc1cc(N2CCCC3CCCCC32)c(F)cc1N. The first-order valence-corrected chi connectivity index (χ1v) is 7.60. The number of nitrogens with two attached hydrogens (primary N) is 1. The highest BCUT2D eigenvalue weighted by molar-refractivity contribution is 5.63. The Morgan fingerprint density at radius 2 is 1.95 bits per heavy atom. The van der Waals surface area contributed by atoms with Crippen LogP contribution in [0.25, 0.3) is 0 Å². The van der Waals surface area contributed by atoms with Crippen molar-refractivity contribution in [3.63, 3.8) is 0 Å². The van der Waals surface area contributed by atoms with Crippen LogP contribution >= 0.6 is 0 Å². The molecule has 1 saturated carbocycles. The average Bonchev–Trinajstić information content (AvgIpc) is 2.47. The van der Waals surface area contributed by atoms with E-state index in [9.17, 15) is 4.39 Å². The second-order valence-corrected chi connectivity index (χ2v) is 5.99. The molecule has 2 aliphatic rings. The van der Waals surface area contributed by atoms with Crippen LogP contribution in [0.15, 0.2) is 12.1 Å². The summed E-state index contributed by atoms with van der Waals surface area (Å²) in [6, 6.07) is 3.64. The Bertz CT molecular complexity index is 490. The summed E-state index contributed by atoms with van der Waals surface area (Å²) in [6.45, 7) is 0.936. The number of rotatable bonds is 2. The summed E-state index contributed by atoms with van der Waals surface area (Å²) >= 11 is 0. The number of halogens is 1. The molecule has 0 spiro atoms. The van der Waals surface area contributed by atoms with E-state index < -0.39 is 0 Å². The van der Waals surface area contributed by atoms with Crippen molar-refractivity contribution in [1.82, 2.24) is 0 Å². The Morgan fingerprint density at radius 1 is 1.20 bits per heavy atom. The van der Waals surface area contributed by atoms with E-state index in [2.05, 4.69) is 4.90 Å². The van der Waals surface area contributed by atoms with E-state index in [4.69, 9.17) is 10.5 Å². The molecule has 2 N–H and O–H groups in total. The van der Waals surface area contributed by atoms with Gasteiger partial charge in [0.05, 0.1) is 18.5 Å². The van der Waals surface area contributed by atoms with Crippen molar-refractivity contribution in [2.24, 2.45) is 5.92 Å². The average molecular weight is 278 g/mol. The van der Waals surface area contributed by atoms with Gasteiger partial charge in [-0.1, -0.05) is 12.8 Å². The van der Waals surface area contributed by atoms with Crippen LogP contribution in [0, 0.1) is 11.7 Å². The number of nitrogen functional groups attached to an aromatic ring is 1. The maximum absolute atomic E-state index is 14.3. The zero-order valence-electron chi connectivity index (χ0n) is 12.1. The molecule has 0 bridgehead atoms. The van der Waals surface area contributed by atoms with Crippen LogP contribution in [0.1, 0.15) is 38.5 Å². The molecule has 1 aromatic carbocycles. The highest BCUT2D eigenvalue weighted by Gasteiger charge is 2.34. The highest BCUT2D eigenvalue weighted by Crippen LogP contribution is 2.40. The minimum Gasteiger partial charge on any atom is -0.495 e. The van der Waals surface area contributed by atoms with E-state index in [1.807, 2.05) is 0 Å². The van der Waals surface area contributed by atoms with Gasteiger partial charge >= 0.3 is 0 Å². The van der Waals surface area contributed by atoms with Gasteiger partial charge in [-0.25, -0.2) is 4.39 Å². The number of ether oxygens (including phenoxy) is 1. The lowest BCUT2D eigenvalue weighted by Gasteiger charge is -2.45. The van der Waals surface area contributed by atoms with E-state index in [1.165, 1.54) is 38.2 Å². The fourth-order valence-electron chi connectivity index (χ4n) is 3.88. The van der Waals surface area contributed by atoms with E-state index in [0.29, 0.717) is 23.2 Å². The Morgan fingerprint density at radius 3 is 2.75 bits per heavy atom. The van der Waals surface area contributed by atoms with Crippen molar-refractivity contribution in [3.8, 4) is 5.75 Å². The van der Waals surface area contributed by atoms with Crippen molar-refractivity contribution in [2.75, 3.05) is 24.3 Å². The Balaban J connectivity index is 1.94. The molecular weight excluding hydrogens is 255 g/mol. The Kier molecular flexibility index (Phi) is 3.72. The van der Waals surface area contributed by atoms with Gasteiger partial charge in [-0.2, -0.15) is 0 Å². The van der Waals surface area contributed by atoms with Crippen LogP contribution in [-0.2, 0) is 0 Å². The molecule has 1 heterocycles. The number of hydrogen-bond acceptors (Lipinski definition) is 3. The minimum atomic E-state index is -0.227. The third kappa shape index (κ3) is 2.32. The molecule has 1 saturated heterocycles. The second-order valence-electron chi connectivity index (χ2n) is 5.99. The summed E-state index contributed by atoms with van der Waals surface area (Å²) in [4.78, 5) is 2.25. The number of benzene rings is 1. The molecule has 0 amide bonds. The molecule has 2 fully saturated rings. The van der Waals surface area contributed by atoms with Crippen molar-refractivity contribution >= 4 is 11.4 Å². The summed E-state index contributed by atoms with van der Waals surface area (Å²) in [5, 5.41) is 0. The van der Waals surface area contributed by atoms with Crippen LogP contribution in [0.3, 0.4) is 0 Å².